The largest absolute Gasteiger partial charge is 0.497 e. The molecule has 1 aliphatic heterocycles. The highest BCUT2D eigenvalue weighted by Crippen LogP contribution is 2.31. The Morgan fingerprint density at radius 2 is 2.07 bits per heavy atom. The molecular weight excluding hydrogens is 340 g/mol. The van der Waals surface area contributed by atoms with E-state index in [0.717, 1.165) is 54.0 Å². The molecule has 6 nitrogen and oxygen atoms in total. The van der Waals surface area contributed by atoms with Crippen molar-refractivity contribution < 1.29 is 9.53 Å². The zero-order valence-corrected chi connectivity index (χ0v) is 15.8. The zero-order valence-electron chi connectivity index (χ0n) is 15.8. The molecule has 1 aliphatic rings. The summed E-state index contributed by atoms with van der Waals surface area (Å²) in [6.07, 6.45) is 4.26. The number of hydrogen-bond acceptors (Lipinski definition) is 4. The third kappa shape index (κ3) is 3.52. The summed E-state index contributed by atoms with van der Waals surface area (Å²) in [5.41, 5.74) is 2.96. The molecule has 0 N–H and O–H groups in total. The van der Waals surface area contributed by atoms with Gasteiger partial charge in [-0.15, -0.1) is 0 Å². The lowest BCUT2D eigenvalue weighted by Gasteiger charge is -2.32. The molecular formula is C21H24N4O2. The van der Waals surface area contributed by atoms with Gasteiger partial charge in [0.25, 0.3) is 0 Å². The van der Waals surface area contributed by atoms with Crippen molar-refractivity contribution in [3.63, 3.8) is 0 Å². The van der Waals surface area contributed by atoms with Crippen molar-refractivity contribution in [3.05, 3.63) is 53.9 Å². The number of carbonyl (C=O) groups is 1. The van der Waals surface area contributed by atoms with E-state index in [1.807, 2.05) is 47.0 Å². The van der Waals surface area contributed by atoms with Crippen LogP contribution in [0, 0.1) is 0 Å². The van der Waals surface area contributed by atoms with Crippen molar-refractivity contribution in [1.82, 2.24) is 19.7 Å². The molecule has 0 radical (unpaired) electrons. The first-order valence-corrected chi connectivity index (χ1v) is 9.34. The summed E-state index contributed by atoms with van der Waals surface area (Å²) in [6.45, 7) is 1.53. The van der Waals surface area contributed by atoms with Crippen LogP contribution in [0.3, 0.4) is 0 Å². The van der Waals surface area contributed by atoms with Crippen molar-refractivity contribution in [3.8, 4) is 5.75 Å². The molecule has 4 rings (SSSR count). The first kappa shape index (κ1) is 17.5. The Morgan fingerprint density at radius 1 is 1.26 bits per heavy atom. The van der Waals surface area contributed by atoms with Crippen LogP contribution in [-0.4, -0.2) is 45.8 Å². The van der Waals surface area contributed by atoms with Gasteiger partial charge in [-0.2, -0.15) is 5.10 Å². The summed E-state index contributed by atoms with van der Waals surface area (Å²) >= 11 is 0. The monoisotopic (exact) mass is 364 g/mol. The number of rotatable bonds is 4. The average molecular weight is 364 g/mol. The number of aromatic nitrogens is 3. The second kappa shape index (κ2) is 7.39. The van der Waals surface area contributed by atoms with Crippen LogP contribution < -0.4 is 4.74 Å². The van der Waals surface area contributed by atoms with Crippen LogP contribution in [0.4, 0.5) is 0 Å². The fourth-order valence-corrected chi connectivity index (χ4v) is 3.88. The maximum absolute atomic E-state index is 12.8. The Balaban J connectivity index is 1.49. The lowest BCUT2D eigenvalue weighted by atomic mass is 9.93. The van der Waals surface area contributed by atoms with Crippen LogP contribution in [-0.2, 0) is 18.3 Å². The number of nitrogens with zero attached hydrogens (tertiary/aromatic N) is 4. The van der Waals surface area contributed by atoms with E-state index in [9.17, 15) is 4.79 Å². The number of piperidine rings is 1. The molecule has 0 saturated carbocycles. The van der Waals surface area contributed by atoms with Gasteiger partial charge in [0.15, 0.2) is 5.65 Å². The number of hydrogen-bond donors (Lipinski definition) is 0. The van der Waals surface area contributed by atoms with Gasteiger partial charge in [0.1, 0.15) is 5.75 Å². The normalized spacial score (nSPS) is 17.3. The van der Waals surface area contributed by atoms with E-state index in [4.69, 9.17) is 9.84 Å². The predicted octanol–water partition coefficient (Wildman–Crippen LogP) is 2.93. The Hall–Kier alpha value is -2.89. The van der Waals surface area contributed by atoms with Crippen molar-refractivity contribution in [2.45, 2.75) is 25.2 Å². The second-order valence-electron chi connectivity index (χ2n) is 7.09. The van der Waals surface area contributed by atoms with E-state index in [0.29, 0.717) is 6.42 Å². The Labute approximate surface area is 158 Å². The van der Waals surface area contributed by atoms with Crippen LogP contribution in [0.15, 0.2) is 42.6 Å². The van der Waals surface area contributed by atoms with Crippen LogP contribution >= 0.6 is 0 Å². The topological polar surface area (TPSA) is 60.2 Å². The minimum atomic E-state index is 0.170. The molecule has 2 aromatic heterocycles. The highest BCUT2D eigenvalue weighted by Gasteiger charge is 2.28. The van der Waals surface area contributed by atoms with Gasteiger partial charge in [0, 0.05) is 37.6 Å². The number of fused-ring (bicyclic) bond motifs is 1. The van der Waals surface area contributed by atoms with Gasteiger partial charge in [0.05, 0.1) is 19.2 Å². The lowest BCUT2D eigenvalue weighted by Crippen LogP contribution is -2.40. The number of carbonyl (C=O) groups excluding carboxylic acids is 1. The van der Waals surface area contributed by atoms with Crippen molar-refractivity contribution in [2.24, 2.45) is 7.05 Å². The summed E-state index contributed by atoms with van der Waals surface area (Å²) in [5.74, 6) is 1.23. The number of ether oxygens (including phenoxy) is 1. The molecule has 0 bridgehead atoms. The molecule has 3 heterocycles. The second-order valence-corrected chi connectivity index (χ2v) is 7.09. The van der Waals surface area contributed by atoms with Crippen LogP contribution in [0.2, 0.25) is 0 Å². The van der Waals surface area contributed by atoms with E-state index in [2.05, 4.69) is 11.1 Å². The van der Waals surface area contributed by atoms with E-state index in [-0.39, 0.29) is 11.8 Å². The van der Waals surface area contributed by atoms with Gasteiger partial charge < -0.3 is 9.64 Å². The number of benzene rings is 1. The maximum Gasteiger partial charge on any atom is 0.227 e. The summed E-state index contributed by atoms with van der Waals surface area (Å²) in [7, 11) is 3.57. The minimum absolute atomic E-state index is 0.170. The van der Waals surface area contributed by atoms with Crippen molar-refractivity contribution in [2.75, 3.05) is 20.2 Å². The molecule has 0 aliphatic carbocycles. The molecule has 140 valence electrons. The number of methoxy groups -OCH3 is 1. The number of amides is 1. The van der Waals surface area contributed by atoms with Gasteiger partial charge >= 0.3 is 0 Å². The molecule has 1 atom stereocenters. The molecule has 1 amide bonds. The minimum Gasteiger partial charge on any atom is -0.497 e. The predicted molar refractivity (Wildman–Crippen MR) is 104 cm³/mol. The summed E-state index contributed by atoms with van der Waals surface area (Å²) in [4.78, 5) is 19.2. The third-order valence-electron chi connectivity index (χ3n) is 5.30. The summed E-state index contributed by atoms with van der Waals surface area (Å²) < 4.78 is 7.02. The fourth-order valence-electron chi connectivity index (χ4n) is 3.88. The third-order valence-corrected chi connectivity index (χ3v) is 5.30. The number of aryl methyl sites for hydroxylation is 1. The molecule has 1 aromatic carbocycles. The van der Waals surface area contributed by atoms with Gasteiger partial charge in [-0.05, 0) is 42.7 Å². The quantitative estimate of drug-likeness (QED) is 0.714. The van der Waals surface area contributed by atoms with Gasteiger partial charge in [-0.3, -0.25) is 9.48 Å². The number of pyridine rings is 1. The molecule has 0 unspecified atom stereocenters. The van der Waals surface area contributed by atoms with E-state index in [1.165, 1.54) is 0 Å². The van der Waals surface area contributed by atoms with Crippen LogP contribution in [0.1, 0.15) is 30.0 Å². The lowest BCUT2D eigenvalue weighted by molar-refractivity contribution is -0.131. The van der Waals surface area contributed by atoms with E-state index < -0.39 is 0 Å². The highest BCUT2D eigenvalue weighted by atomic mass is 16.5. The van der Waals surface area contributed by atoms with Crippen LogP contribution in [0.5, 0.6) is 5.75 Å². The Bertz CT molecular complexity index is 948. The van der Waals surface area contributed by atoms with E-state index in [1.54, 1.807) is 13.3 Å². The first-order valence-electron chi connectivity index (χ1n) is 9.34. The standard InChI is InChI=1S/C21H24N4O2/c1-24-21-18(6-3-11-22-21)20(23-24)16-5-4-12-25(14-16)19(26)13-15-7-9-17(27-2)10-8-15/h3,6-11,16H,4-5,12-14H2,1-2H3/t16-/m0/s1. The Kier molecular flexibility index (Phi) is 4.79. The van der Waals surface area contributed by atoms with Gasteiger partial charge in [0.2, 0.25) is 5.91 Å². The van der Waals surface area contributed by atoms with E-state index >= 15 is 0 Å². The molecule has 1 fully saturated rings. The molecule has 1 saturated heterocycles. The summed E-state index contributed by atoms with van der Waals surface area (Å²) in [5, 5.41) is 5.80. The first-order chi connectivity index (χ1) is 13.2. The molecule has 27 heavy (non-hydrogen) atoms. The zero-order chi connectivity index (χ0) is 18.8. The van der Waals surface area contributed by atoms with Crippen molar-refractivity contribution in [1.29, 1.82) is 0 Å². The molecule has 6 heteroatoms. The van der Waals surface area contributed by atoms with Crippen molar-refractivity contribution >= 4 is 16.9 Å². The SMILES string of the molecule is COc1ccc(CC(=O)N2CCC[C@H](c3nn(C)c4ncccc34)C2)cc1. The van der Waals surface area contributed by atoms with Crippen LogP contribution in [0.25, 0.3) is 11.0 Å². The van der Waals surface area contributed by atoms with Gasteiger partial charge in [-0.25, -0.2) is 4.98 Å². The maximum atomic E-state index is 12.8. The number of likely N-dealkylation sites (tertiary alicyclic amines) is 1. The fraction of sp³-hybridized carbons (Fsp3) is 0.381. The van der Waals surface area contributed by atoms with Gasteiger partial charge in [-0.1, -0.05) is 12.1 Å². The smallest absolute Gasteiger partial charge is 0.227 e. The highest BCUT2D eigenvalue weighted by molar-refractivity contribution is 5.80. The molecule has 0 spiro atoms. The summed E-state index contributed by atoms with van der Waals surface area (Å²) in [6, 6.07) is 11.7. The average Bonchev–Trinajstić information content (AvgIpc) is 3.06. The Morgan fingerprint density at radius 3 is 2.85 bits per heavy atom. The molecule has 3 aromatic rings.